The van der Waals surface area contributed by atoms with Crippen LogP contribution in [0.1, 0.15) is 5.56 Å². The first-order chi connectivity index (χ1) is 13.9. The number of benzene rings is 2. The third kappa shape index (κ3) is 4.70. The molecule has 3 N–H and O–H groups in total. The SMILES string of the molecule is C=c1c(=O)oc2ccccc2c1=C=O.Nc1ccc(C=C2SC(=S)NC2=O)cc1. The second-order valence-electron chi connectivity index (χ2n) is 5.86. The van der Waals surface area contributed by atoms with E-state index in [-0.39, 0.29) is 16.3 Å². The number of nitrogens with one attached hydrogen (secondary N) is 1. The summed E-state index contributed by atoms with van der Waals surface area (Å²) in [6.45, 7) is 3.47. The Bertz CT molecular complexity index is 1340. The zero-order valence-electron chi connectivity index (χ0n) is 14.9. The number of carbonyl (C=O) groups excluding carboxylic acids is 2. The number of amides is 1. The van der Waals surface area contributed by atoms with Crippen molar-refractivity contribution >= 4 is 69.5 Å². The largest absolute Gasteiger partial charge is 0.422 e. The molecule has 1 aliphatic rings. The van der Waals surface area contributed by atoms with Gasteiger partial charge in [-0.25, -0.2) is 9.59 Å². The third-order valence-corrected chi connectivity index (χ3v) is 5.05. The summed E-state index contributed by atoms with van der Waals surface area (Å²) in [7, 11) is 0. The van der Waals surface area contributed by atoms with Crippen molar-refractivity contribution in [1.82, 2.24) is 5.32 Å². The van der Waals surface area contributed by atoms with E-state index in [0.717, 1.165) is 5.56 Å². The Kier molecular flexibility index (Phi) is 6.09. The van der Waals surface area contributed by atoms with Crippen molar-refractivity contribution in [2.45, 2.75) is 0 Å². The Morgan fingerprint density at radius 1 is 1.14 bits per heavy atom. The lowest BCUT2D eigenvalue weighted by Crippen LogP contribution is -2.38. The molecule has 0 atom stereocenters. The molecule has 2 aromatic carbocycles. The van der Waals surface area contributed by atoms with Crippen LogP contribution in [-0.4, -0.2) is 16.2 Å². The van der Waals surface area contributed by atoms with Crippen LogP contribution in [0.15, 0.2) is 62.6 Å². The van der Waals surface area contributed by atoms with Crippen molar-refractivity contribution in [3.8, 4) is 0 Å². The molecule has 0 spiro atoms. The van der Waals surface area contributed by atoms with Crippen molar-refractivity contribution in [2.24, 2.45) is 0 Å². The summed E-state index contributed by atoms with van der Waals surface area (Å²) in [6.07, 6.45) is 1.79. The minimum atomic E-state index is -0.595. The second kappa shape index (κ2) is 8.70. The van der Waals surface area contributed by atoms with Crippen LogP contribution in [0.3, 0.4) is 0 Å². The van der Waals surface area contributed by atoms with Gasteiger partial charge in [0.25, 0.3) is 5.91 Å². The van der Waals surface area contributed by atoms with Crippen molar-refractivity contribution in [3.63, 3.8) is 0 Å². The van der Waals surface area contributed by atoms with Crippen LogP contribution in [0, 0.1) is 0 Å². The van der Waals surface area contributed by atoms with Crippen LogP contribution >= 0.6 is 24.0 Å². The number of hydrogen-bond acceptors (Lipinski definition) is 7. The third-order valence-electron chi connectivity index (χ3n) is 3.89. The number of fused-ring (bicyclic) bond motifs is 1. The van der Waals surface area contributed by atoms with Gasteiger partial charge >= 0.3 is 5.63 Å². The molecule has 0 radical (unpaired) electrons. The Morgan fingerprint density at radius 2 is 1.83 bits per heavy atom. The quantitative estimate of drug-likeness (QED) is 0.265. The lowest BCUT2D eigenvalue weighted by molar-refractivity contribution is -0.115. The Labute approximate surface area is 174 Å². The summed E-state index contributed by atoms with van der Waals surface area (Å²) in [4.78, 5) is 33.8. The first-order valence-corrected chi connectivity index (χ1v) is 9.48. The van der Waals surface area contributed by atoms with Gasteiger partial charge in [0.1, 0.15) is 15.8 Å². The number of hydrogen-bond donors (Lipinski definition) is 2. The molecule has 3 aromatic rings. The van der Waals surface area contributed by atoms with E-state index in [1.807, 2.05) is 12.1 Å². The Balaban J connectivity index is 0.000000166. The average Bonchev–Trinajstić information content (AvgIpc) is 3.02. The molecule has 0 saturated carbocycles. The molecule has 144 valence electrons. The van der Waals surface area contributed by atoms with Gasteiger partial charge in [0.15, 0.2) is 0 Å². The normalized spacial score (nSPS) is 14.3. The number of carbonyl (C=O) groups is 1. The number of thioether (sulfide) groups is 1. The molecule has 1 saturated heterocycles. The van der Waals surface area contributed by atoms with Crippen LogP contribution in [0.4, 0.5) is 5.69 Å². The zero-order chi connectivity index (χ0) is 21.0. The van der Waals surface area contributed by atoms with Gasteiger partial charge < -0.3 is 15.5 Å². The molecular formula is C21H14N2O4S2. The summed E-state index contributed by atoms with van der Waals surface area (Å²) in [6, 6.07) is 14.1. The first kappa shape index (κ1) is 20.3. The minimum Gasteiger partial charge on any atom is -0.422 e. The van der Waals surface area contributed by atoms with Gasteiger partial charge in [-0.3, -0.25) is 4.79 Å². The number of nitrogen functional groups attached to an aromatic ring is 1. The summed E-state index contributed by atoms with van der Waals surface area (Å²) in [5.74, 6) is 1.57. The van der Waals surface area contributed by atoms with Crippen LogP contribution in [-0.2, 0) is 9.59 Å². The van der Waals surface area contributed by atoms with Gasteiger partial charge in [-0.1, -0.05) is 54.8 Å². The predicted octanol–water partition coefficient (Wildman–Crippen LogP) is 1.46. The fourth-order valence-corrected chi connectivity index (χ4v) is 3.51. The van der Waals surface area contributed by atoms with Crippen LogP contribution < -0.4 is 27.1 Å². The molecule has 0 unspecified atom stereocenters. The molecule has 2 heterocycles. The minimum absolute atomic E-state index is 0.0544. The fraction of sp³-hybridized carbons (Fsp3) is 0. The van der Waals surface area contributed by atoms with E-state index in [2.05, 4.69) is 11.9 Å². The number of rotatable bonds is 1. The van der Waals surface area contributed by atoms with E-state index in [9.17, 15) is 14.4 Å². The van der Waals surface area contributed by atoms with E-state index in [4.69, 9.17) is 22.4 Å². The van der Waals surface area contributed by atoms with Crippen LogP contribution in [0.5, 0.6) is 0 Å². The summed E-state index contributed by atoms with van der Waals surface area (Å²) >= 11 is 6.15. The molecule has 1 fully saturated rings. The molecule has 8 heteroatoms. The predicted molar refractivity (Wildman–Crippen MR) is 119 cm³/mol. The molecule has 0 bridgehead atoms. The van der Waals surface area contributed by atoms with E-state index in [1.54, 1.807) is 48.4 Å². The summed E-state index contributed by atoms with van der Waals surface area (Å²) in [5, 5.41) is 3.36. The topological polar surface area (TPSA) is 102 Å². The molecule has 1 aromatic heterocycles. The van der Waals surface area contributed by atoms with Crippen molar-refractivity contribution in [3.05, 3.63) is 79.9 Å². The number of nitrogens with two attached hydrogens (primary N) is 1. The molecule has 6 nitrogen and oxygen atoms in total. The lowest BCUT2D eigenvalue weighted by Gasteiger charge is -1.95. The van der Waals surface area contributed by atoms with Gasteiger partial charge in [0, 0.05) is 11.1 Å². The smallest absolute Gasteiger partial charge is 0.344 e. The maximum absolute atomic E-state index is 11.3. The maximum atomic E-state index is 11.3. The van der Waals surface area contributed by atoms with Crippen LogP contribution in [0.25, 0.3) is 23.6 Å². The van der Waals surface area contributed by atoms with Gasteiger partial charge in [-0.2, -0.15) is 0 Å². The highest BCUT2D eigenvalue weighted by Crippen LogP contribution is 2.25. The Morgan fingerprint density at radius 3 is 2.45 bits per heavy atom. The monoisotopic (exact) mass is 422 g/mol. The fourth-order valence-electron chi connectivity index (χ4n) is 2.47. The zero-order valence-corrected chi connectivity index (χ0v) is 16.6. The Hall–Kier alpha value is -3.45. The molecule has 29 heavy (non-hydrogen) atoms. The first-order valence-electron chi connectivity index (χ1n) is 8.25. The van der Waals surface area contributed by atoms with Gasteiger partial charge in [0.05, 0.1) is 15.3 Å². The van der Waals surface area contributed by atoms with Gasteiger partial charge in [-0.15, -0.1) is 0 Å². The van der Waals surface area contributed by atoms with E-state index < -0.39 is 5.63 Å². The molecule has 1 amide bonds. The lowest BCUT2D eigenvalue weighted by atomic mass is 10.2. The highest BCUT2D eigenvalue weighted by Gasteiger charge is 2.21. The molecule has 4 rings (SSSR count). The van der Waals surface area contributed by atoms with E-state index in [0.29, 0.717) is 25.9 Å². The second-order valence-corrected chi connectivity index (χ2v) is 7.58. The van der Waals surface area contributed by atoms with E-state index in [1.165, 1.54) is 11.8 Å². The summed E-state index contributed by atoms with van der Waals surface area (Å²) in [5.41, 5.74) is 6.98. The summed E-state index contributed by atoms with van der Waals surface area (Å²) < 4.78 is 5.44. The number of anilines is 1. The number of thiocarbonyl (C=S) groups is 1. The van der Waals surface area contributed by atoms with Crippen molar-refractivity contribution in [2.75, 3.05) is 5.73 Å². The number of para-hydroxylation sites is 1. The molecule has 1 aliphatic heterocycles. The van der Waals surface area contributed by atoms with Crippen LogP contribution in [0.2, 0.25) is 0 Å². The maximum Gasteiger partial charge on any atom is 0.344 e. The molecule has 0 aliphatic carbocycles. The highest BCUT2D eigenvalue weighted by atomic mass is 32.2. The van der Waals surface area contributed by atoms with Crippen molar-refractivity contribution in [1.29, 1.82) is 0 Å². The average molecular weight is 422 g/mol. The van der Waals surface area contributed by atoms with Gasteiger partial charge in [-0.05, 0) is 35.9 Å². The van der Waals surface area contributed by atoms with E-state index >= 15 is 0 Å². The highest BCUT2D eigenvalue weighted by molar-refractivity contribution is 8.26. The molecular weight excluding hydrogens is 408 g/mol. The van der Waals surface area contributed by atoms with Gasteiger partial charge in [0.2, 0.25) is 0 Å². The standard InChI is InChI=1S/C11H6O3.C10H8N2OS2/c1-7-9(6-12)8-4-2-3-5-10(8)14-11(7)13;11-7-3-1-6(2-4-7)5-8-9(13)12-10(14)15-8/h2-5H,1H2;1-5H,11H2,(H,12,13,14). The van der Waals surface area contributed by atoms with Crippen molar-refractivity contribution < 1.29 is 14.0 Å².